The Kier molecular flexibility index (Phi) is 7.29. The summed E-state index contributed by atoms with van der Waals surface area (Å²) in [6.45, 7) is 4.70. The maximum Gasteiger partial charge on any atom is 0.0322 e. The highest BCUT2D eigenvalue weighted by Gasteiger charge is 2.22. The number of unbranched alkanes of at least 4 members (excludes halogenated alkanes) is 2. The van der Waals surface area contributed by atoms with Crippen LogP contribution < -0.4 is 5.32 Å². The molecule has 0 aliphatic heterocycles. The predicted octanol–water partition coefficient (Wildman–Crippen LogP) is 5.87. The molecular weight excluding hydrogens is 254 g/mol. The van der Waals surface area contributed by atoms with Crippen LogP contribution in [0.15, 0.2) is 30.3 Å². The SMILES string of the molecule is CCCCCC(NC(C)C1CCCCC1)c1ccccc1. The van der Waals surface area contributed by atoms with Crippen molar-refractivity contribution in [2.24, 2.45) is 5.92 Å². The van der Waals surface area contributed by atoms with Gasteiger partial charge in [0.15, 0.2) is 0 Å². The van der Waals surface area contributed by atoms with Crippen LogP contribution in [0.5, 0.6) is 0 Å². The molecule has 0 bridgehead atoms. The molecule has 2 atom stereocenters. The van der Waals surface area contributed by atoms with Gasteiger partial charge in [-0.2, -0.15) is 0 Å². The van der Waals surface area contributed by atoms with Crippen LogP contribution in [-0.2, 0) is 0 Å². The van der Waals surface area contributed by atoms with E-state index in [-0.39, 0.29) is 0 Å². The van der Waals surface area contributed by atoms with Crippen molar-refractivity contribution in [1.82, 2.24) is 5.32 Å². The van der Waals surface area contributed by atoms with Gasteiger partial charge in [0.05, 0.1) is 0 Å². The average Bonchev–Trinajstić information content (AvgIpc) is 2.55. The van der Waals surface area contributed by atoms with Crippen LogP contribution in [0.3, 0.4) is 0 Å². The molecule has 1 aliphatic rings. The highest BCUT2D eigenvalue weighted by molar-refractivity contribution is 5.19. The Bertz CT molecular complexity index is 367. The summed E-state index contributed by atoms with van der Waals surface area (Å²) in [6.07, 6.45) is 12.4. The molecule has 0 amide bonds. The summed E-state index contributed by atoms with van der Waals surface area (Å²) in [5.41, 5.74) is 1.47. The predicted molar refractivity (Wildman–Crippen MR) is 92.5 cm³/mol. The number of rotatable bonds is 8. The minimum absolute atomic E-state index is 0.537. The lowest BCUT2D eigenvalue weighted by Crippen LogP contribution is -2.37. The van der Waals surface area contributed by atoms with E-state index in [1.807, 2.05) is 0 Å². The van der Waals surface area contributed by atoms with E-state index < -0.39 is 0 Å². The van der Waals surface area contributed by atoms with Crippen molar-refractivity contribution >= 4 is 0 Å². The van der Waals surface area contributed by atoms with Crippen LogP contribution in [0.25, 0.3) is 0 Å². The van der Waals surface area contributed by atoms with Gasteiger partial charge in [0.1, 0.15) is 0 Å². The second-order valence-electron chi connectivity index (χ2n) is 6.81. The van der Waals surface area contributed by atoms with Gasteiger partial charge in [0.25, 0.3) is 0 Å². The molecule has 0 spiro atoms. The van der Waals surface area contributed by atoms with Gasteiger partial charge >= 0.3 is 0 Å². The molecule has 1 N–H and O–H groups in total. The quantitative estimate of drug-likeness (QED) is 0.590. The zero-order valence-corrected chi connectivity index (χ0v) is 14.0. The minimum atomic E-state index is 0.537. The van der Waals surface area contributed by atoms with Gasteiger partial charge in [-0.05, 0) is 37.7 Å². The summed E-state index contributed by atoms with van der Waals surface area (Å²) in [6, 6.07) is 12.2. The highest BCUT2D eigenvalue weighted by Crippen LogP contribution is 2.29. The van der Waals surface area contributed by atoms with Crippen molar-refractivity contribution in [1.29, 1.82) is 0 Å². The third kappa shape index (κ3) is 5.47. The molecule has 1 nitrogen and oxygen atoms in total. The number of hydrogen-bond acceptors (Lipinski definition) is 1. The topological polar surface area (TPSA) is 12.0 Å². The molecule has 118 valence electrons. The Morgan fingerprint density at radius 1 is 1.05 bits per heavy atom. The smallest absolute Gasteiger partial charge is 0.0322 e. The van der Waals surface area contributed by atoms with Crippen molar-refractivity contribution in [3.05, 3.63) is 35.9 Å². The van der Waals surface area contributed by atoms with E-state index in [9.17, 15) is 0 Å². The Balaban J connectivity index is 1.94. The Morgan fingerprint density at radius 3 is 2.43 bits per heavy atom. The number of nitrogens with one attached hydrogen (secondary N) is 1. The first kappa shape index (κ1) is 16.5. The van der Waals surface area contributed by atoms with Gasteiger partial charge in [-0.25, -0.2) is 0 Å². The lowest BCUT2D eigenvalue weighted by atomic mass is 9.84. The van der Waals surface area contributed by atoms with E-state index in [0.29, 0.717) is 12.1 Å². The van der Waals surface area contributed by atoms with Gasteiger partial charge in [0, 0.05) is 12.1 Å². The summed E-state index contributed by atoms with van der Waals surface area (Å²) in [5, 5.41) is 3.96. The third-order valence-electron chi connectivity index (χ3n) is 5.12. The lowest BCUT2D eigenvalue weighted by Gasteiger charge is -2.32. The molecule has 0 radical (unpaired) electrons. The van der Waals surface area contributed by atoms with Crippen molar-refractivity contribution in [2.45, 2.75) is 83.7 Å². The largest absolute Gasteiger partial charge is 0.307 e. The molecule has 21 heavy (non-hydrogen) atoms. The number of hydrogen-bond donors (Lipinski definition) is 1. The van der Waals surface area contributed by atoms with Crippen molar-refractivity contribution in [3.8, 4) is 0 Å². The van der Waals surface area contributed by atoms with E-state index in [2.05, 4.69) is 49.5 Å². The molecule has 0 saturated heterocycles. The van der Waals surface area contributed by atoms with Gasteiger partial charge in [-0.3, -0.25) is 0 Å². The van der Waals surface area contributed by atoms with Crippen LogP contribution in [-0.4, -0.2) is 6.04 Å². The Hall–Kier alpha value is -0.820. The average molecular weight is 287 g/mol. The van der Waals surface area contributed by atoms with Crippen molar-refractivity contribution in [2.75, 3.05) is 0 Å². The molecule has 1 heteroatoms. The van der Waals surface area contributed by atoms with E-state index in [0.717, 1.165) is 5.92 Å². The van der Waals surface area contributed by atoms with Gasteiger partial charge in [-0.15, -0.1) is 0 Å². The van der Waals surface area contributed by atoms with E-state index in [1.54, 1.807) is 0 Å². The first-order valence-electron chi connectivity index (χ1n) is 9.12. The number of benzene rings is 1. The molecular formula is C20H33N. The normalized spacial score (nSPS) is 19.3. The first-order chi connectivity index (χ1) is 10.3. The standard InChI is InChI=1S/C20H33N/c1-3-4-7-16-20(19-14-10-6-11-15-19)21-17(2)18-12-8-5-9-13-18/h6,10-11,14-15,17-18,20-21H,3-5,7-9,12-13,16H2,1-2H3. The van der Waals surface area contributed by atoms with Crippen LogP contribution in [0.2, 0.25) is 0 Å². The third-order valence-corrected chi connectivity index (χ3v) is 5.12. The molecule has 1 aromatic rings. The second-order valence-corrected chi connectivity index (χ2v) is 6.81. The molecule has 2 rings (SSSR count). The zero-order valence-electron chi connectivity index (χ0n) is 14.0. The van der Waals surface area contributed by atoms with Crippen LogP contribution in [0.4, 0.5) is 0 Å². The van der Waals surface area contributed by atoms with E-state index in [4.69, 9.17) is 0 Å². The molecule has 1 aromatic carbocycles. The fourth-order valence-corrected chi connectivity index (χ4v) is 3.72. The first-order valence-corrected chi connectivity index (χ1v) is 9.12. The molecule has 1 aliphatic carbocycles. The Morgan fingerprint density at radius 2 is 1.76 bits per heavy atom. The van der Waals surface area contributed by atoms with Crippen LogP contribution >= 0.6 is 0 Å². The molecule has 2 unspecified atom stereocenters. The maximum absolute atomic E-state index is 3.96. The fourth-order valence-electron chi connectivity index (χ4n) is 3.72. The van der Waals surface area contributed by atoms with Gasteiger partial charge in [-0.1, -0.05) is 75.8 Å². The lowest BCUT2D eigenvalue weighted by molar-refractivity contribution is 0.259. The van der Waals surface area contributed by atoms with Crippen LogP contribution in [0, 0.1) is 5.92 Å². The fraction of sp³-hybridized carbons (Fsp3) is 0.700. The summed E-state index contributed by atoms with van der Waals surface area (Å²) < 4.78 is 0. The summed E-state index contributed by atoms with van der Waals surface area (Å²) in [7, 11) is 0. The summed E-state index contributed by atoms with van der Waals surface area (Å²) >= 11 is 0. The Labute approximate surface area is 131 Å². The van der Waals surface area contributed by atoms with Gasteiger partial charge < -0.3 is 5.32 Å². The van der Waals surface area contributed by atoms with E-state index >= 15 is 0 Å². The molecule has 0 aromatic heterocycles. The second kappa shape index (κ2) is 9.25. The minimum Gasteiger partial charge on any atom is -0.307 e. The summed E-state index contributed by atoms with van der Waals surface area (Å²) in [5.74, 6) is 0.885. The molecule has 1 saturated carbocycles. The maximum atomic E-state index is 3.96. The zero-order chi connectivity index (χ0) is 14.9. The van der Waals surface area contributed by atoms with Gasteiger partial charge in [0.2, 0.25) is 0 Å². The highest BCUT2D eigenvalue weighted by atomic mass is 15.0. The monoisotopic (exact) mass is 287 g/mol. The molecule has 0 heterocycles. The van der Waals surface area contributed by atoms with Crippen molar-refractivity contribution < 1.29 is 0 Å². The summed E-state index contributed by atoms with van der Waals surface area (Å²) in [4.78, 5) is 0. The van der Waals surface area contributed by atoms with Crippen molar-refractivity contribution in [3.63, 3.8) is 0 Å². The van der Waals surface area contributed by atoms with E-state index in [1.165, 1.54) is 63.4 Å². The van der Waals surface area contributed by atoms with Crippen LogP contribution in [0.1, 0.15) is 83.2 Å². The molecule has 1 fully saturated rings.